The van der Waals surface area contributed by atoms with E-state index in [9.17, 15) is 13.6 Å². The molecule has 2 aromatic rings. The molecule has 2 bridgehead atoms. The number of nitrogens with zero attached hydrogens (tertiary/aromatic N) is 5. The summed E-state index contributed by atoms with van der Waals surface area (Å²) < 4.78 is 28.0. The van der Waals surface area contributed by atoms with Crippen LogP contribution in [0.5, 0.6) is 0 Å². The third-order valence-corrected chi connectivity index (χ3v) is 5.24. The highest BCUT2D eigenvalue weighted by atomic mass is 19.3. The number of aryl methyl sites for hydroxylation is 1. The number of carbonyl (C=O) groups is 1. The number of pyridine rings is 1. The molecule has 2 unspecified atom stereocenters. The third-order valence-electron chi connectivity index (χ3n) is 5.24. The summed E-state index contributed by atoms with van der Waals surface area (Å²) in [6.45, 7) is 1.77. The Morgan fingerprint density at radius 3 is 2.50 bits per heavy atom. The summed E-state index contributed by atoms with van der Waals surface area (Å²) in [5, 5.41) is 0.666. The molecule has 26 heavy (non-hydrogen) atoms. The smallest absolute Gasteiger partial charge is 0.257 e. The number of carbonyl (C=O) groups excluding carboxylic acids is 1. The summed E-state index contributed by atoms with van der Waals surface area (Å²) in [4.78, 5) is 29.3. The van der Waals surface area contributed by atoms with Crippen LogP contribution in [0.25, 0.3) is 11.0 Å². The van der Waals surface area contributed by atoms with E-state index < -0.39 is 5.92 Å². The van der Waals surface area contributed by atoms with Gasteiger partial charge in [0.15, 0.2) is 5.65 Å². The predicted molar refractivity (Wildman–Crippen MR) is 93.6 cm³/mol. The van der Waals surface area contributed by atoms with E-state index in [0.717, 1.165) is 0 Å². The maximum Gasteiger partial charge on any atom is 0.257 e. The van der Waals surface area contributed by atoms with E-state index in [2.05, 4.69) is 15.0 Å². The molecule has 138 valence electrons. The second kappa shape index (κ2) is 5.82. The highest BCUT2D eigenvalue weighted by Gasteiger charge is 2.50. The van der Waals surface area contributed by atoms with E-state index in [1.54, 1.807) is 33.3 Å². The van der Waals surface area contributed by atoms with E-state index in [4.69, 9.17) is 0 Å². The van der Waals surface area contributed by atoms with Crippen molar-refractivity contribution in [3.8, 4) is 0 Å². The van der Waals surface area contributed by atoms with Crippen LogP contribution in [0, 0.1) is 6.92 Å². The molecule has 1 amide bonds. The SMILES string of the molecule is Cc1ncc2cc(C(=O)N(C)C)c(N3C4CCC3CC(F)(F)C4)nc2n1. The van der Waals surface area contributed by atoms with Crippen LogP contribution in [0.1, 0.15) is 41.9 Å². The van der Waals surface area contributed by atoms with Gasteiger partial charge in [0.05, 0.1) is 5.56 Å². The van der Waals surface area contributed by atoms with Crippen molar-refractivity contribution in [3.63, 3.8) is 0 Å². The van der Waals surface area contributed by atoms with Crippen LogP contribution in [-0.4, -0.2) is 57.9 Å². The Bertz CT molecular complexity index is 869. The predicted octanol–water partition coefficient (Wildman–Crippen LogP) is 2.80. The van der Waals surface area contributed by atoms with Crippen molar-refractivity contribution in [3.05, 3.63) is 23.7 Å². The molecule has 2 fully saturated rings. The minimum absolute atomic E-state index is 0.193. The Labute approximate surface area is 150 Å². The normalized spacial score (nSPS) is 24.1. The zero-order valence-corrected chi connectivity index (χ0v) is 15.0. The minimum Gasteiger partial charge on any atom is -0.349 e. The average Bonchev–Trinajstić information content (AvgIpc) is 2.85. The lowest BCUT2D eigenvalue weighted by Crippen LogP contribution is -2.48. The molecule has 4 rings (SSSR count). The number of hydrogen-bond acceptors (Lipinski definition) is 5. The molecule has 2 aliphatic heterocycles. The molecule has 0 radical (unpaired) electrons. The van der Waals surface area contributed by atoms with Crippen molar-refractivity contribution in [1.29, 1.82) is 0 Å². The van der Waals surface area contributed by atoms with E-state index in [1.807, 2.05) is 4.90 Å². The number of alkyl halides is 2. The van der Waals surface area contributed by atoms with Gasteiger partial charge in [0.2, 0.25) is 0 Å². The van der Waals surface area contributed by atoms with Crippen molar-refractivity contribution >= 4 is 22.8 Å². The maximum absolute atomic E-state index is 14.0. The van der Waals surface area contributed by atoms with Crippen LogP contribution in [0.3, 0.4) is 0 Å². The van der Waals surface area contributed by atoms with Crippen molar-refractivity contribution in [1.82, 2.24) is 19.9 Å². The van der Waals surface area contributed by atoms with Gasteiger partial charge in [-0.2, -0.15) is 0 Å². The van der Waals surface area contributed by atoms with Gasteiger partial charge >= 0.3 is 0 Å². The Kier molecular flexibility index (Phi) is 3.82. The second-order valence-electron chi connectivity index (χ2n) is 7.45. The summed E-state index contributed by atoms with van der Waals surface area (Å²) in [5.41, 5.74) is 0.900. The molecule has 0 spiro atoms. The largest absolute Gasteiger partial charge is 0.349 e. The van der Waals surface area contributed by atoms with Gasteiger partial charge in [-0.05, 0) is 25.8 Å². The number of anilines is 1. The number of fused-ring (bicyclic) bond motifs is 3. The lowest BCUT2D eigenvalue weighted by Gasteiger charge is -2.40. The first kappa shape index (κ1) is 17.1. The first-order valence-electron chi connectivity index (χ1n) is 8.77. The topological polar surface area (TPSA) is 62.2 Å². The van der Waals surface area contributed by atoms with Crippen molar-refractivity contribution < 1.29 is 13.6 Å². The molecular weight excluding hydrogens is 340 g/mol. The molecule has 4 heterocycles. The van der Waals surface area contributed by atoms with Crippen LogP contribution in [0.4, 0.5) is 14.6 Å². The molecule has 0 aromatic carbocycles. The fourth-order valence-corrected chi connectivity index (χ4v) is 4.12. The quantitative estimate of drug-likeness (QED) is 0.823. The molecule has 2 saturated heterocycles. The maximum atomic E-state index is 14.0. The summed E-state index contributed by atoms with van der Waals surface area (Å²) in [6.07, 6.45) is 2.64. The Morgan fingerprint density at radius 1 is 1.23 bits per heavy atom. The summed E-state index contributed by atoms with van der Waals surface area (Å²) in [5.74, 6) is -1.80. The molecule has 8 heteroatoms. The first-order valence-corrected chi connectivity index (χ1v) is 8.77. The average molecular weight is 361 g/mol. The highest BCUT2D eigenvalue weighted by Crippen LogP contribution is 2.46. The summed E-state index contributed by atoms with van der Waals surface area (Å²) in [7, 11) is 3.34. The van der Waals surface area contributed by atoms with Crippen LogP contribution in [0.2, 0.25) is 0 Å². The van der Waals surface area contributed by atoms with Crippen molar-refractivity contribution in [2.45, 2.75) is 50.6 Å². The molecule has 2 aromatic heterocycles. The fraction of sp³-hybridized carbons (Fsp3) is 0.556. The van der Waals surface area contributed by atoms with Crippen LogP contribution < -0.4 is 4.90 Å². The second-order valence-corrected chi connectivity index (χ2v) is 7.45. The minimum atomic E-state index is -2.65. The molecule has 0 aliphatic carbocycles. The summed E-state index contributed by atoms with van der Waals surface area (Å²) in [6, 6.07) is 1.13. The standard InChI is InChI=1S/C18H21F2N5O/c1-10-21-9-11-6-14(17(26)24(2)3)16(23-15(11)22-10)25-12-4-5-13(25)8-18(19,20)7-12/h6,9,12-13H,4-5,7-8H2,1-3H3. The zero-order valence-electron chi connectivity index (χ0n) is 15.0. The van der Waals surface area contributed by atoms with E-state index >= 15 is 0 Å². The Hall–Kier alpha value is -2.38. The Morgan fingerprint density at radius 2 is 1.88 bits per heavy atom. The lowest BCUT2D eigenvalue weighted by atomic mass is 9.98. The monoisotopic (exact) mass is 361 g/mol. The molecule has 6 nitrogen and oxygen atoms in total. The van der Waals surface area contributed by atoms with Gasteiger partial charge in [0.25, 0.3) is 11.8 Å². The van der Waals surface area contributed by atoms with Crippen LogP contribution in [0.15, 0.2) is 12.3 Å². The van der Waals surface area contributed by atoms with Crippen molar-refractivity contribution in [2.75, 3.05) is 19.0 Å². The van der Waals surface area contributed by atoms with Crippen molar-refractivity contribution in [2.24, 2.45) is 0 Å². The molecular formula is C18H21F2N5O. The summed E-state index contributed by atoms with van der Waals surface area (Å²) >= 11 is 0. The van der Waals surface area contributed by atoms with Gasteiger partial charge in [-0.15, -0.1) is 0 Å². The van der Waals surface area contributed by atoms with E-state index in [-0.39, 0.29) is 30.8 Å². The lowest BCUT2D eigenvalue weighted by molar-refractivity contribution is -0.0359. The van der Waals surface area contributed by atoms with E-state index in [1.165, 1.54) is 4.90 Å². The Balaban J connectivity index is 1.87. The molecule has 0 N–H and O–H groups in total. The number of rotatable bonds is 2. The number of hydrogen-bond donors (Lipinski definition) is 0. The van der Waals surface area contributed by atoms with Gasteiger partial charge in [-0.3, -0.25) is 4.79 Å². The van der Waals surface area contributed by atoms with Gasteiger partial charge < -0.3 is 9.80 Å². The number of piperidine rings is 1. The van der Waals surface area contributed by atoms with Gasteiger partial charge in [0, 0.05) is 50.6 Å². The number of aromatic nitrogens is 3. The van der Waals surface area contributed by atoms with Gasteiger partial charge in [0.1, 0.15) is 11.6 Å². The van der Waals surface area contributed by atoms with Crippen LogP contribution in [-0.2, 0) is 0 Å². The molecule has 0 saturated carbocycles. The van der Waals surface area contributed by atoms with Gasteiger partial charge in [-0.25, -0.2) is 23.7 Å². The van der Waals surface area contributed by atoms with E-state index in [0.29, 0.717) is 41.1 Å². The number of halogens is 2. The van der Waals surface area contributed by atoms with Gasteiger partial charge in [-0.1, -0.05) is 0 Å². The molecule has 2 atom stereocenters. The third kappa shape index (κ3) is 2.77. The highest BCUT2D eigenvalue weighted by molar-refractivity contribution is 6.01. The number of amides is 1. The zero-order chi connectivity index (χ0) is 18.6. The van der Waals surface area contributed by atoms with Crippen LogP contribution >= 0.6 is 0 Å². The first-order chi connectivity index (χ1) is 12.2. The molecule has 2 aliphatic rings. The fourth-order valence-electron chi connectivity index (χ4n) is 4.12.